The maximum absolute atomic E-state index is 10.9. The van der Waals surface area contributed by atoms with Gasteiger partial charge in [-0.1, -0.05) is 20.8 Å². The van der Waals surface area contributed by atoms with E-state index in [-0.39, 0.29) is 5.41 Å². The molecule has 1 aliphatic heterocycles. The minimum atomic E-state index is -0.230. The highest BCUT2D eigenvalue weighted by Gasteiger charge is 2.26. The van der Waals surface area contributed by atoms with Gasteiger partial charge in [0.1, 0.15) is 6.29 Å². The van der Waals surface area contributed by atoms with Crippen LogP contribution in [0.3, 0.4) is 0 Å². The van der Waals surface area contributed by atoms with Crippen LogP contribution in [0, 0.1) is 5.41 Å². The van der Waals surface area contributed by atoms with E-state index < -0.39 is 0 Å². The van der Waals surface area contributed by atoms with Crippen LogP contribution in [0.4, 0.5) is 0 Å². The second-order valence-electron chi connectivity index (χ2n) is 5.48. The van der Waals surface area contributed by atoms with Gasteiger partial charge in [-0.25, -0.2) is 0 Å². The molecule has 0 N–H and O–H groups in total. The normalized spacial score (nSPS) is 23.3. The van der Waals surface area contributed by atoms with Crippen molar-refractivity contribution in [3.05, 3.63) is 0 Å². The van der Waals surface area contributed by atoms with E-state index in [0.717, 1.165) is 45.4 Å². The zero-order valence-electron chi connectivity index (χ0n) is 10.9. The summed E-state index contributed by atoms with van der Waals surface area (Å²) in [5.74, 6) is 0. The molecule has 0 aliphatic carbocycles. The van der Waals surface area contributed by atoms with Gasteiger partial charge in [0.05, 0.1) is 6.10 Å². The van der Waals surface area contributed by atoms with Gasteiger partial charge in [-0.05, 0) is 25.8 Å². The van der Waals surface area contributed by atoms with Gasteiger partial charge in [0.2, 0.25) is 0 Å². The molecule has 0 saturated carbocycles. The van der Waals surface area contributed by atoms with Crippen molar-refractivity contribution in [2.45, 2.75) is 46.1 Å². The molecule has 1 rings (SSSR count). The van der Waals surface area contributed by atoms with Crippen LogP contribution in [0.25, 0.3) is 0 Å². The van der Waals surface area contributed by atoms with Crippen LogP contribution >= 0.6 is 0 Å². The van der Waals surface area contributed by atoms with Gasteiger partial charge in [0, 0.05) is 25.1 Å². The summed E-state index contributed by atoms with van der Waals surface area (Å²) in [5.41, 5.74) is -0.230. The number of hydrogen-bond acceptors (Lipinski definition) is 3. The molecular formula is C13H25NO2. The Kier molecular flexibility index (Phi) is 5.42. The first-order valence-electron chi connectivity index (χ1n) is 6.37. The zero-order valence-corrected chi connectivity index (χ0v) is 10.9. The first-order chi connectivity index (χ1) is 7.57. The van der Waals surface area contributed by atoms with E-state index in [4.69, 9.17) is 4.74 Å². The summed E-state index contributed by atoms with van der Waals surface area (Å²) in [6.45, 7) is 9.92. The van der Waals surface area contributed by atoms with Crippen LogP contribution in [0.5, 0.6) is 0 Å². The Labute approximate surface area is 99.1 Å². The Morgan fingerprint density at radius 3 is 2.88 bits per heavy atom. The molecule has 1 atom stereocenters. The highest BCUT2D eigenvalue weighted by atomic mass is 16.5. The van der Waals surface area contributed by atoms with Crippen LogP contribution < -0.4 is 0 Å². The molecule has 16 heavy (non-hydrogen) atoms. The number of hydrogen-bond donors (Lipinski definition) is 0. The first kappa shape index (κ1) is 13.7. The van der Waals surface area contributed by atoms with E-state index in [9.17, 15) is 4.79 Å². The third kappa shape index (κ3) is 4.62. The van der Waals surface area contributed by atoms with Gasteiger partial charge in [-0.3, -0.25) is 4.90 Å². The highest BCUT2D eigenvalue weighted by molar-refractivity contribution is 5.58. The molecule has 0 aromatic heterocycles. The predicted molar refractivity (Wildman–Crippen MR) is 65.6 cm³/mol. The number of carbonyl (C=O) groups excluding carboxylic acids is 1. The molecule has 0 spiro atoms. The number of piperidine rings is 1. The minimum Gasteiger partial charge on any atom is -0.377 e. The van der Waals surface area contributed by atoms with E-state index in [0.29, 0.717) is 6.10 Å². The van der Waals surface area contributed by atoms with Crippen molar-refractivity contribution in [1.29, 1.82) is 0 Å². The third-order valence-corrected chi connectivity index (χ3v) is 2.97. The molecule has 0 aromatic carbocycles. The summed E-state index contributed by atoms with van der Waals surface area (Å²) in [4.78, 5) is 13.3. The lowest BCUT2D eigenvalue weighted by Crippen LogP contribution is -2.44. The molecule has 0 aromatic rings. The molecule has 94 valence electrons. The van der Waals surface area contributed by atoms with Crippen LogP contribution in [0.1, 0.15) is 40.0 Å². The Hall–Kier alpha value is -0.410. The summed E-state index contributed by atoms with van der Waals surface area (Å²) in [5, 5.41) is 0. The van der Waals surface area contributed by atoms with E-state index in [1.165, 1.54) is 6.42 Å². The molecule has 1 saturated heterocycles. The monoisotopic (exact) mass is 227 g/mol. The van der Waals surface area contributed by atoms with Gasteiger partial charge < -0.3 is 9.53 Å². The summed E-state index contributed by atoms with van der Waals surface area (Å²) in [6, 6.07) is 0. The predicted octanol–water partition coefficient (Wildman–Crippen LogP) is 2.10. The molecule has 1 fully saturated rings. The molecule has 0 bridgehead atoms. The first-order valence-corrected chi connectivity index (χ1v) is 6.37. The quantitative estimate of drug-likeness (QED) is 0.651. The summed E-state index contributed by atoms with van der Waals surface area (Å²) in [7, 11) is 0. The molecule has 3 heteroatoms. The minimum absolute atomic E-state index is 0.230. The van der Waals surface area contributed by atoms with Gasteiger partial charge in [0.15, 0.2) is 0 Å². The average molecular weight is 227 g/mol. The fraction of sp³-hybridized carbons (Fsp3) is 0.923. The molecular weight excluding hydrogens is 202 g/mol. The Bertz CT molecular complexity index is 216. The number of rotatable bonds is 6. The van der Waals surface area contributed by atoms with E-state index >= 15 is 0 Å². The van der Waals surface area contributed by atoms with E-state index in [1.54, 1.807) is 0 Å². The number of aldehydes is 1. The number of carbonyl (C=O) groups is 1. The lowest BCUT2D eigenvalue weighted by Gasteiger charge is -2.35. The number of nitrogens with zero attached hydrogens (tertiary/aromatic N) is 1. The SMILES string of the molecule is CCCOC1CCCN(CC(C)(C)C=O)C1. The maximum Gasteiger partial charge on any atom is 0.126 e. The van der Waals surface area contributed by atoms with Crippen LogP contribution in [0.15, 0.2) is 0 Å². The lowest BCUT2D eigenvalue weighted by molar-refractivity contribution is -0.116. The molecule has 0 amide bonds. The smallest absolute Gasteiger partial charge is 0.126 e. The van der Waals surface area contributed by atoms with Crippen molar-refractivity contribution in [2.75, 3.05) is 26.2 Å². The summed E-state index contributed by atoms with van der Waals surface area (Å²) < 4.78 is 5.78. The summed E-state index contributed by atoms with van der Waals surface area (Å²) in [6.07, 6.45) is 4.86. The maximum atomic E-state index is 10.9. The Morgan fingerprint density at radius 2 is 2.25 bits per heavy atom. The van der Waals surface area contributed by atoms with Crippen molar-refractivity contribution in [3.8, 4) is 0 Å². The molecule has 1 unspecified atom stereocenters. The molecule has 0 radical (unpaired) electrons. The molecule has 1 aliphatic rings. The lowest BCUT2D eigenvalue weighted by atomic mass is 9.94. The van der Waals surface area contributed by atoms with E-state index in [1.807, 2.05) is 13.8 Å². The standard InChI is InChI=1S/C13H25NO2/c1-4-8-16-12-6-5-7-14(9-12)10-13(2,3)11-15/h11-12H,4-10H2,1-3H3. The largest absolute Gasteiger partial charge is 0.377 e. The molecule has 1 heterocycles. The Morgan fingerprint density at radius 1 is 1.50 bits per heavy atom. The van der Waals surface area contributed by atoms with Crippen molar-refractivity contribution >= 4 is 6.29 Å². The van der Waals surface area contributed by atoms with E-state index in [2.05, 4.69) is 11.8 Å². The topological polar surface area (TPSA) is 29.5 Å². The number of ether oxygens (including phenoxy) is 1. The fourth-order valence-corrected chi connectivity index (χ4v) is 2.19. The summed E-state index contributed by atoms with van der Waals surface area (Å²) >= 11 is 0. The highest BCUT2D eigenvalue weighted by Crippen LogP contribution is 2.19. The van der Waals surface area contributed by atoms with Crippen LogP contribution in [-0.4, -0.2) is 43.5 Å². The second-order valence-corrected chi connectivity index (χ2v) is 5.48. The van der Waals surface area contributed by atoms with Crippen molar-refractivity contribution in [3.63, 3.8) is 0 Å². The van der Waals surface area contributed by atoms with Crippen molar-refractivity contribution in [2.24, 2.45) is 5.41 Å². The molecule has 3 nitrogen and oxygen atoms in total. The van der Waals surface area contributed by atoms with Crippen molar-refractivity contribution in [1.82, 2.24) is 4.90 Å². The van der Waals surface area contributed by atoms with Gasteiger partial charge in [0.25, 0.3) is 0 Å². The fourth-order valence-electron chi connectivity index (χ4n) is 2.19. The average Bonchev–Trinajstić information content (AvgIpc) is 2.26. The van der Waals surface area contributed by atoms with Gasteiger partial charge >= 0.3 is 0 Å². The Balaban J connectivity index is 2.35. The van der Waals surface area contributed by atoms with Crippen molar-refractivity contribution < 1.29 is 9.53 Å². The number of likely N-dealkylation sites (tertiary alicyclic amines) is 1. The third-order valence-electron chi connectivity index (χ3n) is 2.97. The van der Waals surface area contributed by atoms with Crippen LogP contribution in [0.2, 0.25) is 0 Å². The van der Waals surface area contributed by atoms with Crippen LogP contribution in [-0.2, 0) is 9.53 Å². The zero-order chi connectivity index (χ0) is 12.0. The van der Waals surface area contributed by atoms with Gasteiger partial charge in [-0.2, -0.15) is 0 Å². The van der Waals surface area contributed by atoms with Gasteiger partial charge in [-0.15, -0.1) is 0 Å². The second kappa shape index (κ2) is 6.36.